The molecule has 0 amide bonds. The van der Waals surface area contributed by atoms with Crippen LogP contribution in [0.3, 0.4) is 0 Å². The number of esters is 1. The van der Waals surface area contributed by atoms with Gasteiger partial charge in [0.25, 0.3) is 0 Å². The molecule has 29 heavy (non-hydrogen) atoms. The Labute approximate surface area is 174 Å². The Morgan fingerprint density at radius 3 is 2.52 bits per heavy atom. The number of aliphatic hydroxyl groups excluding tert-OH is 1. The summed E-state index contributed by atoms with van der Waals surface area (Å²) < 4.78 is 4.84. The highest BCUT2D eigenvalue weighted by Crippen LogP contribution is 2.40. The zero-order valence-electron chi connectivity index (χ0n) is 18.2. The lowest BCUT2D eigenvalue weighted by Gasteiger charge is -2.32. The summed E-state index contributed by atoms with van der Waals surface area (Å²) in [4.78, 5) is 21.9. The Bertz CT molecular complexity index is 747. The highest BCUT2D eigenvalue weighted by molar-refractivity contribution is 5.80. The first-order valence-corrected chi connectivity index (χ1v) is 9.99. The SMILES string of the molecule is CC1=C(/C=C/C(C)=C/C=C\C(C)=C\COC(=O)C(O)CC(=O)O)C(C)(C)CCC1. The summed E-state index contributed by atoms with van der Waals surface area (Å²) in [5.74, 6) is -2.18. The monoisotopic (exact) mass is 402 g/mol. The third kappa shape index (κ3) is 9.09. The first-order valence-electron chi connectivity index (χ1n) is 9.99. The summed E-state index contributed by atoms with van der Waals surface area (Å²) in [5, 5.41) is 17.9. The normalized spacial score (nSPS) is 19.1. The molecule has 0 saturated carbocycles. The Balaban J connectivity index is 2.57. The van der Waals surface area contributed by atoms with Crippen LogP contribution in [-0.4, -0.2) is 34.9 Å². The van der Waals surface area contributed by atoms with Crippen molar-refractivity contribution >= 4 is 11.9 Å². The highest BCUT2D eigenvalue weighted by atomic mass is 16.5. The largest absolute Gasteiger partial charge is 0.481 e. The molecule has 0 saturated heterocycles. The van der Waals surface area contributed by atoms with Gasteiger partial charge in [-0.2, -0.15) is 0 Å². The van der Waals surface area contributed by atoms with Crippen molar-refractivity contribution in [1.82, 2.24) is 0 Å². The number of hydrogen-bond donors (Lipinski definition) is 2. The lowest BCUT2D eigenvalue weighted by atomic mass is 9.72. The lowest BCUT2D eigenvalue weighted by molar-refractivity contribution is -0.157. The number of ether oxygens (including phenoxy) is 1. The van der Waals surface area contributed by atoms with Crippen LogP contribution >= 0.6 is 0 Å². The van der Waals surface area contributed by atoms with E-state index in [9.17, 15) is 14.7 Å². The van der Waals surface area contributed by atoms with Crippen molar-refractivity contribution in [1.29, 1.82) is 0 Å². The van der Waals surface area contributed by atoms with Crippen LogP contribution in [0.4, 0.5) is 0 Å². The lowest BCUT2D eigenvalue weighted by Crippen LogP contribution is -2.25. The van der Waals surface area contributed by atoms with Crippen molar-refractivity contribution < 1.29 is 24.5 Å². The van der Waals surface area contributed by atoms with Crippen LogP contribution < -0.4 is 0 Å². The zero-order valence-corrected chi connectivity index (χ0v) is 18.2. The van der Waals surface area contributed by atoms with Crippen molar-refractivity contribution in [3.8, 4) is 0 Å². The molecule has 1 unspecified atom stereocenters. The molecule has 1 atom stereocenters. The maximum Gasteiger partial charge on any atom is 0.335 e. The Morgan fingerprint density at radius 1 is 1.21 bits per heavy atom. The number of aliphatic hydroxyl groups is 1. The Morgan fingerprint density at radius 2 is 1.90 bits per heavy atom. The fourth-order valence-corrected chi connectivity index (χ4v) is 3.30. The summed E-state index contributed by atoms with van der Waals surface area (Å²) in [5.41, 5.74) is 5.17. The summed E-state index contributed by atoms with van der Waals surface area (Å²) in [6.45, 7) is 10.7. The molecule has 1 rings (SSSR count). The number of carbonyl (C=O) groups is 2. The fourth-order valence-electron chi connectivity index (χ4n) is 3.30. The molecule has 5 nitrogen and oxygen atoms in total. The number of carboxylic acids is 1. The summed E-state index contributed by atoms with van der Waals surface area (Å²) in [7, 11) is 0. The molecule has 1 aliphatic carbocycles. The van der Waals surface area contributed by atoms with Crippen molar-refractivity contribution in [2.24, 2.45) is 5.41 Å². The van der Waals surface area contributed by atoms with Gasteiger partial charge in [-0.1, -0.05) is 60.9 Å². The van der Waals surface area contributed by atoms with Gasteiger partial charge in [0.15, 0.2) is 6.10 Å². The van der Waals surface area contributed by atoms with Crippen LogP contribution in [0, 0.1) is 5.41 Å². The van der Waals surface area contributed by atoms with Gasteiger partial charge in [0, 0.05) is 0 Å². The second-order valence-corrected chi connectivity index (χ2v) is 8.23. The Kier molecular flexibility index (Phi) is 9.83. The van der Waals surface area contributed by atoms with Crippen LogP contribution in [-0.2, 0) is 14.3 Å². The molecule has 0 fully saturated rings. The standard InChI is InChI=1S/C24H34O5/c1-17(11-12-20-19(3)10-7-14-24(20,4)5)8-6-9-18(2)13-15-29-23(28)21(25)16-22(26)27/h6,8-9,11-13,21,25H,7,10,14-16H2,1-5H3,(H,26,27)/b9-6-,12-11+,17-8+,18-13+. The van der Waals surface area contributed by atoms with Crippen LogP contribution in [0.15, 0.2) is 58.7 Å². The molecule has 160 valence electrons. The molecule has 0 aromatic rings. The van der Waals surface area contributed by atoms with E-state index in [-0.39, 0.29) is 12.0 Å². The maximum absolute atomic E-state index is 11.4. The van der Waals surface area contributed by atoms with E-state index >= 15 is 0 Å². The molecular weight excluding hydrogens is 368 g/mol. The number of carboxylic acid groups (broad SMARTS) is 1. The van der Waals surface area contributed by atoms with Gasteiger partial charge in [-0.25, -0.2) is 4.79 Å². The molecule has 0 bridgehead atoms. The number of carbonyl (C=O) groups excluding carboxylic acids is 1. The predicted molar refractivity (Wildman–Crippen MR) is 115 cm³/mol. The molecular formula is C24H34O5. The summed E-state index contributed by atoms with van der Waals surface area (Å²) in [6, 6.07) is 0. The van der Waals surface area contributed by atoms with Gasteiger partial charge in [0.05, 0.1) is 6.42 Å². The average molecular weight is 403 g/mol. The molecule has 1 aliphatic rings. The molecule has 0 spiro atoms. The maximum atomic E-state index is 11.4. The van der Waals surface area contributed by atoms with Crippen molar-refractivity contribution in [3.63, 3.8) is 0 Å². The van der Waals surface area contributed by atoms with E-state index in [0.29, 0.717) is 0 Å². The van der Waals surface area contributed by atoms with Gasteiger partial charge in [-0.3, -0.25) is 4.79 Å². The molecule has 0 aromatic carbocycles. The first-order chi connectivity index (χ1) is 13.5. The van der Waals surface area contributed by atoms with E-state index in [1.54, 1.807) is 6.08 Å². The predicted octanol–water partition coefficient (Wildman–Crippen LogP) is 4.90. The minimum atomic E-state index is -1.64. The summed E-state index contributed by atoms with van der Waals surface area (Å²) >= 11 is 0. The molecule has 5 heteroatoms. The number of hydrogen-bond acceptors (Lipinski definition) is 4. The smallest absolute Gasteiger partial charge is 0.335 e. The van der Waals surface area contributed by atoms with Gasteiger partial charge >= 0.3 is 11.9 Å². The quantitative estimate of drug-likeness (QED) is 0.423. The van der Waals surface area contributed by atoms with Crippen molar-refractivity contribution in [2.75, 3.05) is 6.61 Å². The van der Waals surface area contributed by atoms with Crippen molar-refractivity contribution in [3.05, 3.63) is 58.7 Å². The van der Waals surface area contributed by atoms with Gasteiger partial charge in [0.2, 0.25) is 0 Å². The highest BCUT2D eigenvalue weighted by Gasteiger charge is 2.26. The van der Waals surface area contributed by atoms with E-state index in [1.807, 2.05) is 25.2 Å². The fraction of sp³-hybridized carbons (Fsp3) is 0.500. The van der Waals surface area contributed by atoms with Gasteiger partial charge in [0.1, 0.15) is 6.61 Å². The molecule has 0 heterocycles. The second kappa shape index (κ2) is 11.6. The third-order valence-electron chi connectivity index (χ3n) is 5.04. The number of aliphatic carboxylic acids is 1. The van der Waals surface area contributed by atoms with Crippen LogP contribution in [0.5, 0.6) is 0 Å². The van der Waals surface area contributed by atoms with E-state index in [2.05, 4.69) is 39.8 Å². The molecule has 0 aromatic heterocycles. The Hall–Kier alpha value is -2.40. The third-order valence-corrected chi connectivity index (χ3v) is 5.04. The minimum absolute atomic E-state index is 0.0171. The van der Waals surface area contributed by atoms with Crippen LogP contribution in [0.25, 0.3) is 0 Å². The van der Waals surface area contributed by atoms with E-state index < -0.39 is 24.5 Å². The molecule has 0 aliphatic heterocycles. The zero-order chi connectivity index (χ0) is 22.0. The average Bonchev–Trinajstić information content (AvgIpc) is 2.60. The van der Waals surface area contributed by atoms with E-state index in [0.717, 1.165) is 11.1 Å². The van der Waals surface area contributed by atoms with Gasteiger partial charge < -0.3 is 14.9 Å². The van der Waals surface area contributed by atoms with Crippen molar-refractivity contribution in [2.45, 2.75) is 66.4 Å². The van der Waals surface area contributed by atoms with Crippen LogP contribution in [0.1, 0.15) is 60.3 Å². The van der Waals surface area contributed by atoms with E-state index in [4.69, 9.17) is 9.84 Å². The second-order valence-electron chi connectivity index (χ2n) is 8.23. The first kappa shape index (κ1) is 24.6. The van der Waals surface area contributed by atoms with Gasteiger partial charge in [-0.15, -0.1) is 0 Å². The van der Waals surface area contributed by atoms with Crippen LogP contribution in [0.2, 0.25) is 0 Å². The molecule has 0 radical (unpaired) electrons. The topological polar surface area (TPSA) is 83.8 Å². The van der Waals surface area contributed by atoms with Gasteiger partial charge in [-0.05, 0) is 57.1 Å². The number of rotatable bonds is 9. The number of allylic oxidation sites excluding steroid dienone is 9. The molecule has 2 N–H and O–H groups in total. The van der Waals surface area contributed by atoms with E-state index in [1.165, 1.54) is 30.4 Å². The summed E-state index contributed by atoms with van der Waals surface area (Å²) in [6.07, 6.45) is 13.3. The minimum Gasteiger partial charge on any atom is -0.481 e.